The van der Waals surface area contributed by atoms with Crippen LogP contribution in [0.3, 0.4) is 0 Å². The quantitative estimate of drug-likeness (QED) is 0.699. The molecule has 0 aliphatic heterocycles. The van der Waals surface area contributed by atoms with Crippen molar-refractivity contribution in [3.8, 4) is 0 Å². The maximum Gasteiger partial charge on any atom is 0.176 e. The summed E-state index contributed by atoms with van der Waals surface area (Å²) in [5.41, 5.74) is 1.13. The smallest absolute Gasteiger partial charge is 0.176 e. The summed E-state index contributed by atoms with van der Waals surface area (Å²) in [5.74, 6) is 0.708. The van der Waals surface area contributed by atoms with Gasteiger partial charge in [0.1, 0.15) is 0 Å². The Kier molecular flexibility index (Phi) is 2.10. The molecule has 80 valence electrons. The summed E-state index contributed by atoms with van der Waals surface area (Å²) < 4.78 is 1.95. The monoisotopic (exact) mass is 214 g/mol. The highest BCUT2D eigenvalue weighted by atomic mass is 15.5. The molecule has 0 saturated carbocycles. The first-order valence-electron chi connectivity index (χ1n) is 5.06. The van der Waals surface area contributed by atoms with Crippen molar-refractivity contribution in [3.05, 3.63) is 36.3 Å². The molecule has 0 unspecified atom stereocenters. The molecule has 0 radical (unpaired) electrons. The lowest BCUT2D eigenvalue weighted by atomic mass is 10.2. The minimum atomic E-state index is 0.708. The summed E-state index contributed by atoms with van der Waals surface area (Å²) in [7, 11) is 0. The molecule has 0 amide bonds. The number of aryl methyl sites for hydroxylation is 2. The topological polar surface area (TPSA) is 72.3 Å². The Morgan fingerprint density at radius 2 is 2.19 bits per heavy atom. The van der Waals surface area contributed by atoms with Gasteiger partial charge in [0.25, 0.3) is 0 Å². The second-order valence-corrected chi connectivity index (χ2v) is 3.50. The van der Waals surface area contributed by atoms with Crippen LogP contribution in [-0.4, -0.2) is 30.4 Å². The third kappa shape index (κ3) is 1.54. The Morgan fingerprint density at radius 1 is 1.25 bits per heavy atom. The summed E-state index contributed by atoms with van der Waals surface area (Å²) in [4.78, 5) is 0. The predicted octanol–water partition coefficient (Wildman–Crippen LogP) is 0.792. The number of hydrogen-bond donors (Lipinski definition) is 1. The zero-order chi connectivity index (χ0) is 10.8. The minimum Gasteiger partial charge on any atom is -0.264 e. The highest BCUT2D eigenvalue weighted by molar-refractivity contribution is 5.78. The van der Waals surface area contributed by atoms with Crippen molar-refractivity contribution in [2.75, 3.05) is 0 Å². The number of nitrogens with zero attached hydrogens (tertiary/aromatic N) is 5. The largest absolute Gasteiger partial charge is 0.264 e. The minimum absolute atomic E-state index is 0.708. The fourth-order valence-corrected chi connectivity index (χ4v) is 1.70. The maximum absolute atomic E-state index is 4.33. The summed E-state index contributed by atoms with van der Waals surface area (Å²) in [6.45, 7) is 0.757. The van der Waals surface area contributed by atoms with E-state index in [4.69, 9.17) is 0 Å². The van der Waals surface area contributed by atoms with Crippen LogP contribution in [0.2, 0.25) is 0 Å². The zero-order valence-corrected chi connectivity index (χ0v) is 8.54. The number of hydrogen-bond acceptors (Lipinski definition) is 4. The van der Waals surface area contributed by atoms with Crippen molar-refractivity contribution >= 4 is 10.9 Å². The van der Waals surface area contributed by atoms with Gasteiger partial charge in [0.2, 0.25) is 0 Å². The lowest BCUT2D eigenvalue weighted by Crippen LogP contribution is -2.04. The van der Waals surface area contributed by atoms with Crippen molar-refractivity contribution in [2.45, 2.75) is 13.0 Å². The van der Waals surface area contributed by atoms with E-state index >= 15 is 0 Å². The summed E-state index contributed by atoms with van der Waals surface area (Å²) in [6.07, 6.45) is 2.59. The molecule has 6 nitrogen and oxygen atoms in total. The van der Waals surface area contributed by atoms with Gasteiger partial charge in [0.15, 0.2) is 5.82 Å². The van der Waals surface area contributed by atoms with Gasteiger partial charge >= 0.3 is 0 Å². The third-order valence-electron chi connectivity index (χ3n) is 2.49. The molecule has 0 aliphatic carbocycles. The molecule has 2 heterocycles. The lowest BCUT2D eigenvalue weighted by molar-refractivity contribution is 0.619. The van der Waals surface area contributed by atoms with Crippen LogP contribution in [0.5, 0.6) is 0 Å². The van der Waals surface area contributed by atoms with Crippen LogP contribution < -0.4 is 0 Å². The normalized spacial score (nSPS) is 11.0. The van der Waals surface area contributed by atoms with Crippen molar-refractivity contribution in [1.29, 1.82) is 0 Å². The van der Waals surface area contributed by atoms with Gasteiger partial charge in [-0.3, -0.25) is 4.68 Å². The molecule has 0 bridgehead atoms. The second-order valence-electron chi connectivity index (χ2n) is 3.50. The average Bonchev–Trinajstić information content (AvgIpc) is 2.96. The van der Waals surface area contributed by atoms with E-state index in [1.165, 1.54) is 0 Å². The molecular weight excluding hydrogens is 204 g/mol. The molecule has 0 spiro atoms. The molecule has 0 atom stereocenters. The van der Waals surface area contributed by atoms with E-state index in [-0.39, 0.29) is 0 Å². The number of aromatic nitrogens is 6. The molecule has 3 rings (SSSR count). The molecule has 3 aromatic rings. The average molecular weight is 214 g/mol. The first kappa shape index (κ1) is 9.02. The zero-order valence-electron chi connectivity index (χ0n) is 8.54. The van der Waals surface area contributed by atoms with Gasteiger partial charge in [-0.15, -0.1) is 10.2 Å². The van der Waals surface area contributed by atoms with Crippen molar-refractivity contribution in [1.82, 2.24) is 30.4 Å². The molecule has 6 heteroatoms. The molecule has 0 aliphatic rings. The molecule has 0 fully saturated rings. The Hall–Kier alpha value is -2.24. The summed E-state index contributed by atoms with van der Waals surface area (Å²) in [6, 6.07) is 8.12. The molecule has 0 saturated heterocycles. The van der Waals surface area contributed by atoms with E-state index in [1.54, 1.807) is 0 Å². The van der Waals surface area contributed by atoms with Gasteiger partial charge in [-0.1, -0.05) is 23.4 Å². The van der Waals surface area contributed by atoms with Crippen LogP contribution in [-0.2, 0) is 13.0 Å². The summed E-state index contributed by atoms with van der Waals surface area (Å²) >= 11 is 0. The standard InChI is InChI=1S/C10H10N6/c1-2-4-9-8(3-1)7-11-16(9)6-5-10-12-14-15-13-10/h1-4,7H,5-6H2,(H,12,13,14,15). The fourth-order valence-electron chi connectivity index (χ4n) is 1.70. The fraction of sp³-hybridized carbons (Fsp3) is 0.200. The third-order valence-corrected chi connectivity index (χ3v) is 2.49. The van der Waals surface area contributed by atoms with Gasteiger partial charge in [-0.25, -0.2) is 0 Å². The Bertz CT molecular complexity index is 582. The second kappa shape index (κ2) is 3.73. The van der Waals surface area contributed by atoms with Crippen molar-refractivity contribution < 1.29 is 0 Å². The van der Waals surface area contributed by atoms with Gasteiger partial charge in [0.05, 0.1) is 11.7 Å². The van der Waals surface area contributed by atoms with Crippen LogP contribution in [0.25, 0.3) is 10.9 Å². The number of H-pyrrole nitrogens is 1. The van der Waals surface area contributed by atoms with E-state index in [0.29, 0.717) is 5.82 Å². The van der Waals surface area contributed by atoms with E-state index < -0.39 is 0 Å². The summed E-state index contributed by atoms with van der Waals surface area (Å²) in [5, 5.41) is 19.2. The van der Waals surface area contributed by atoms with Crippen molar-refractivity contribution in [2.24, 2.45) is 0 Å². The molecule has 1 N–H and O–H groups in total. The Balaban J connectivity index is 1.84. The van der Waals surface area contributed by atoms with Crippen LogP contribution >= 0.6 is 0 Å². The predicted molar refractivity (Wildman–Crippen MR) is 57.6 cm³/mol. The lowest BCUT2D eigenvalue weighted by Gasteiger charge is -2.00. The number of benzene rings is 1. The number of rotatable bonds is 3. The van der Waals surface area contributed by atoms with E-state index in [0.717, 1.165) is 23.9 Å². The molecular formula is C10H10N6. The first-order valence-corrected chi connectivity index (χ1v) is 5.06. The SMILES string of the molecule is c1ccc2c(c1)cnn2CCc1nn[nH]n1. The number of fused-ring (bicyclic) bond motifs is 1. The number of aromatic amines is 1. The van der Waals surface area contributed by atoms with Crippen LogP contribution in [0.15, 0.2) is 30.5 Å². The van der Waals surface area contributed by atoms with Crippen LogP contribution in [0, 0.1) is 0 Å². The molecule has 2 aromatic heterocycles. The van der Waals surface area contributed by atoms with E-state index in [2.05, 4.69) is 31.8 Å². The highest BCUT2D eigenvalue weighted by Crippen LogP contribution is 2.12. The van der Waals surface area contributed by atoms with E-state index in [1.807, 2.05) is 29.1 Å². The van der Waals surface area contributed by atoms with Crippen LogP contribution in [0.1, 0.15) is 5.82 Å². The Labute approximate surface area is 91.3 Å². The van der Waals surface area contributed by atoms with Crippen molar-refractivity contribution in [3.63, 3.8) is 0 Å². The maximum atomic E-state index is 4.33. The number of nitrogens with one attached hydrogen (secondary N) is 1. The Morgan fingerprint density at radius 3 is 3.06 bits per heavy atom. The van der Waals surface area contributed by atoms with E-state index in [9.17, 15) is 0 Å². The number of tetrazole rings is 1. The first-order chi connectivity index (χ1) is 7.93. The number of para-hydroxylation sites is 1. The molecule has 1 aromatic carbocycles. The van der Waals surface area contributed by atoms with Gasteiger partial charge < -0.3 is 0 Å². The van der Waals surface area contributed by atoms with Gasteiger partial charge in [0, 0.05) is 18.4 Å². The highest BCUT2D eigenvalue weighted by Gasteiger charge is 2.03. The van der Waals surface area contributed by atoms with Gasteiger partial charge in [-0.2, -0.15) is 10.3 Å². The van der Waals surface area contributed by atoms with Gasteiger partial charge in [-0.05, 0) is 6.07 Å². The van der Waals surface area contributed by atoms with Crippen LogP contribution in [0.4, 0.5) is 0 Å². The molecule has 16 heavy (non-hydrogen) atoms.